The first kappa shape index (κ1) is 20.9. The van der Waals surface area contributed by atoms with Gasteiger partial charge in [-0.1, -0.05) is 18.2 Å². The van der Waals surface area contributed by atoms with Crippen LogP contribution in [0.3, 0.4) is 0 Å². The Hall–Kier alpha value is -2.71. The highest BCUT2D eigenvalue weighted by Crippen LogP contribution is 2.45. The molecular formula is C25H23FN4OS2. The van der Waals surface area contributed by atoms with Crippen molar-refractivity contribution in [3.05, 3.63) is 64.8 Å². The molecule has 5 nitrogen and oxygen atoms in total. The lowest BCUT2D eigenvalue weighted by Gasteiger charge is -2.22. The number of thioether (sulfide) groups is 1. The number of aromatic amines is 1. The number of carbonyl (C=O) groups excluding carboxylic acids is 1. The average Bonchev–Trinajstić information content (AvgIpc) is 3.24. The molecule has 1 aliphatic heterocycles. The fourth-order valence-electron chi connectivity index (χ4n) is 4.56. The van der Waals surface area contributed by atoms with Crippen LogP contribution in [-0.2, 0) is 0 Å². The van der Waals surface area contributed by atoms with Crippen LogP contribution in [0.15, 0.2) is 47.4 Å². The van der Waals surface area contributed by atoms with Gasteiger partial charge in [-0.3, -0.25) is 4.79 Å². The third kappa shape index (κ3) is 3.75. The predicted molar refractivity (Wildman–Crippen MR) is 130 cm³/mol. The standard InChI is InChI=1S/C25H23FN4OS2/c1-32-19-6-2-4-17-20(19)28-23(27-17)18-5-3-13-30(18)25(31)21-22(14-9-11-16(26)12-10-14)33-24(29-21)15-7-8-15/h2,4,6,9-12,15,18H,3,5,7-8,13H2,1H3,(H,27,28). The predicted octanol–water partition coefficient (Wildman–Crippen LogP) is 6.40. The summed E-state index contributed by atoms with van der Waals surface area (Å²) in [6.45, 7) is 0.676. The van der Waals surface area contributed by atoms with E-state index in [0.717, 1.165) is 62.9 Å². The fourth-order valence-corrected chi connectivity index (χ4v) is 6.36. The fraction of sp³-hybridized carbons (Fsp3) is 0.320. The van der Waals surface area contributed by atoms with Gasteiger partial charge in [-0.2, -0.15) is 0 Å². The number of H-pyrrole nitrogens is 1. The molecule has 2 aromatic carbocycles. The minimum atomic E-state index is -0.285. The second-order valence-electron chi connectivity index (χ2n) is 8.65. The molecule has 1 aliphatic carbocycles. The van der Waals surface area contributed by atoms with Crippen molar-refractivity contribution in [3.8, 4) is 10.4 Å². The lowest BCUT2D eigenvalue weighted by molar-refractivity contribution is 0.0726. The number of hydrogen-bond donors (Lipinski definition) is 1. The molecule has 4 aromatic rings. The maximum Gasteiger partial charge on any atom is 0.274 e. The van der Waals surface area contributed by atoms with Gasteiger partial charge in [-0.05, 0) is 61.8 Å². The van der Waals surface area contributed by atoms with Crippen LogP contribution in [0.2, 0.25) is 0 Å². The molecule has 2 aromatic heterocycles. The number of nitrogens with one attached hydrogen (secondary N) is 1. The number of fused-ring (bicyclic) bond motifs is 1. The molecule has 0 radical (unpaired) electrons. The van der Waals surface area contributed by atoms with E-state index in [1.54, 1.807) is 35.2 Å². The van der Waals surface area contributed by atoms with Crippen molar-refractivity contribution >= 4 is 40.0 Å². The molecule has 2 aliphatic rings. The van der Waals surface area contributed by atoms with Crippen molar-refractivity contribution in [1.82, 2.24) is 19.9 Å². The number of benzene rings is 2. The molecule has 0 spiro atoms. The number of nitrogens with zero attached hydrogens (tertiary/aromatic N) is 3. The summed E-state index contributed by atoms with van der Waals surface area (Å²) >= 11 is 3.25. The smallest absolute Gasteiger partial charge is 0.274 e. The third-order valence-corrected chi connectivity index (χ3v) is 8.46. The number of thiazole rings is 1. The van der Waals surface area contributed by atoms with Crippen molar-refractivity contribution < 1.29 is 9.18 Å². The van der Waals surface area contributed by atoms with Crippen LogP contribution < -0.4 is 0 Å². The number of para-hydroxylation sites is 1. The van der Waals surface area contributed by atoms with E-state index in [0.29, 0.717) is 18.2 Å². The van der Waals surface area contributed by atoms with Gasteiger partial charge in [-0.15, -0.1) is 23.1 Å². The van der Waals surface area contributed by atoms with E-state index in [2.05, 4.69) is 11.1 Å². The van der Waals surface area contributed by atoms with Crippen molar-refractivity contribution in [2.45, 2.75) is 42.5 Å². The van der Waals surface area contributed by atoms with Gasteiger partial charge in [0.1, 0.15) is 22.9 Å². The molecule has 33 heavy (non-hydrogen) atoms. The molecule has 6 rings (SSSR count). The number of halogens is 1. The number of hydrogen-bond acceptors (Lipinski definition) is 5. The van der Waals surface area contributed by atoms with E-state index >= 15 is 0 Å². The molecule has 1 amide bonds. The molecule has 8 heteroatoms. The molecule has 1 N–H and O–H groups in total. The second-order valence-corrected chi connectivity index (χ2v) is 10.5. The van der Waals surface area contributed by atoms with Gasteiger partial charge >= 0.3 is 0 Å². The SMILES string of the molecule is CSc1cccc2[nH]c(C3CCCN3C(=O)c3nc(C4CC4)sc3-c3ccc(F)cc3)nc12. The topological polar surface area (TPSA) is 61.9 Å². The third-order valence-electron chi connectivity index (χ3n) is 6.42. The van der Waals surface area contributed by atoms with Crippen LogP contribution in [0.4, 0.5) is 4.39 Å². The van der Waals surface area contributed by atoms with E-state index < -0.39 is 0 Å². The van der Waals surface area contributed by atoms with Gasteiger partial charge in [0.2, 0.25) is 0 Å². The monoisotopic (exact) mass is 478 g/mol. The van der Waals surface area contributed by atoms with Crippen molar-refractivity contribution in [1.29, 1.82) is 0 Å². The largest absolute Gasteiger partial charge is 0.340 e. The van der Waals surface area contributed by atoms with Crippen molar-refractivity contribution in [3.63, 3.8) is 0 Å². The van der Waals surface area contributed by atoms with E-state index in [1.165, 1.54) is 12.1 Å². The lowest BCUT2D eigenvalue weighted by atomic mass is 10.1. The summed E-state index contributed by atoms with van der Waals surface area (Å²) in [4.78, 5) is 30.9. The van der Waals surface area contributed by atoms with Crippen molar-refractivity contribution in [2.75, 3.05) is 12.8 Å². The van der Waals surface area contributed by atoms with E-state index in [1.807, 2.05) is 23.3 Å². The van der Waals surface area contributed by atoms with Crippen LogP contribution in [0.5, 0.6) is 0 Å². The van der Waals surface area contributed by atoms with Crippen LogP contribution in [0, 0.1) is 5.82 Å². The summed E-state index contributed by atoms with van der Waals surface area (Å²) in [5.74, 6) is 0.932. The van der Waals surface area contributed by atoms with Crippen LogP contribution in [0.25, 0.3) is 21.5 Å². The molecule has 3 heterocycles. The van der Waals surface area contributed by atoms with Gasteiger partial charge in [0, 0.05) is 17.4 Å². The first-order valence-electron chi connectivity index (χ1n) is 11.2. The molecule has 168 valence electrons. The van der Waals surface area contributed by atoms with E-state index in [9.17, 15) is 9.18 Å². The van der Waals surface area contributed by atoms with Crippen LogP contribution in [0.1, 0.15) is 59.0 Å². The Balaban J connectivity index is 1.37. The van der Waals surface area contributed by atoms with Gasteiger partial charge < -0.3 is 9.88 Å². The lowest BCUT2D eigenvalue weighted by Crippen LogP contribution is -2.31. The molecule has 2 fully saturated rings. The number of imidazole rings is 1. The summed E-state index contributed by atoms with van der Waals surface area (Å²) < 4.78 is 13.5. The number of aromatic nitrogens is 3. The Morgan fingerprint density at radius 2 is 1.97 bits per heavy atom. The second kappa shape index (κ2) is 8.25. The first-order valence-corrected chi connectivity index (χ1v) is 13.3. The molecule has 1 saturated heterocycles. The van der Waals surface area contributed by atoms with Gasteiger partial charge in [0.15, 0.2) is 0 Å². The maximum atomic E-state index is 13.8. The summed E-state index contributed by atoms with van der Waals surface area (Å²) in [7, 11) is 0. The molecule has 1 atom stereocenters. The first-order chi connectivity index (χ1) is 16.1. The Bertz CT molecular complexity index is 1340. The highest BCUT2D eigenvalue weighted by molar-refractivity contribution is 7.98. The van der Waals surface area contributed by atoms with Gasteiger partial charge in [0.05, 0.1) is 21.4 Å². The minimum Gasteiger partial charge on any atom is -0.340 e. The zero-order valence-electron chi connectivity index (χ0n) is 18.2. The van der Waals surface area contributed by atoms with Crippen molar-refractivity contribution in [2.24, 2.45) is 0 Å². The number of likely N-dealkylation sites (tertiary alicyclic amines) is 1. The Labute approximate surface area is 199 Å². The summed E-state index contributed by atoms with van der Waals surface area (Å²) in [5.41, 5.74) is 3.28. The van der Waals surface area contributed by atoms with Crippen LogP contribution >= 0.6 is 23.1 Å². The quantitative estimate of drug-likeness (QED) is 0.337. The average molecular weight is 479 g/mol. The Morgan fingerprint density at radius 1 is 1.15 bits per heavy atom. The number of rotatable bonds is 5. The summed E-state index contributed by atoms with van der Waals surface area (Å²) in [6, 6.07) is 12.4. The van der Waals surface area contributed by atoms with Gasteiger partial charge in [0.25, 0.3) is 5.91 Å². The zero-order valence-corrected chi connectivity index (χ0v) is 19.8. The van der Waals surface area contributed by atoms with E-state index in [-0.39, 0.29) is 17.8 Å². The highest BCUT2D eigenvalue weighted by atomic mass is 32.2. The Morgan fingerprint density at radius 3 is 2.73 bits per heavy atom. The highest BCUT2D eigenvalue weighted by Gasteiger charge is 2.37. The minimum absolute atomic E-state index is 0.0643. The molecular weight excluding hydrogens is 455 g/mol. The van der Waals surface area contributed by atoms with E-state index in [4.69, 9.17) is 9.97 Å². The summed E-state index contributed by atoms with van der Waals surface area (Å²) in [5, 5.41) is 1.02. The maximum absolute atomic E-state index is 13.8. The molecule has 1 saturated carbocycles. The zero-order chi connectivity index (χ0) is 22.5. The Kier molecular flexibility index (Phi) is 5.22. The molecule has 1 unspecified atom stereocenters. The number of carbonyl (C=O) groups is 1. The van der Waals surface area contributed by atoms with Gasteiger partial charge in [-0.25, -0.2) is 14.4 Å². The number of amides is 1. The summed E-state index contributed by atoms with van der Waals surface area (Å²) in [6.07, 6.45) is 6.07. The normalized spacial score (nSPS) is 18.4. The molecule has 0 bridgehead atoms. The van der Waals surface area contributed by atoms with Crippen LogP contribution in [-0.4, -0.2) is 38.6 Å².